The maximum absolute atomic E-state index is 11.0. The van der Waals surface area contributed by atoms with Crippen LogP contribution in [-0.2, 0) is 0 Å². The maximum Gasteiger partial charge on any atom is 0.339 e. The van der Waals surface area contributed by atoms with Crippen LogP contribution in [0.5, 0.6) is 0 Å². The van der Waals surface area contributed by atoms with Crippen LogP contribution in [0.2, 0.25) is 5.15 Å². The van der Waals surface area contributed by atoms with Gasteiger partial charge >= 0.3 is 5.97 Å². The van der Waals surface area contributed by atoms with E-state index in [-0.39, 0.29) is 16.5 Å². The molecule has 0 saturated heterocycles. The van der Waals surface area contributed by atoms with Crippen LogP contribution in [0.3, 0.4) is 0 Å². The highest BCUT2D eigenvalue weighted by molar-refractivity contribution is 6.29. The number of carbonyl (C=O) groups is 1. The van der Waals surface area contributed by atoms with Crippen LogP contribution in [-0.4, -0.2) is 25.6 Å². The number of pyridine rings is 1. The predicted octanol–water partition coefficient (Wildman–Crippen LogP) is 1.93. The monoisotopic (exact) mass is 237 g/mol. The van der Waals surface area contributed by atoms with Gasteiger partial charge in [-0.25, -0.2) is 14.8 Å². The molecule has 2 rings (SSSR count). The Kier molecular flexibility index (Phi) is 2.62. The molecule has 0 aliphatic heterocycles. The van der Waals surface area contributed by atoms with Crippen molar-refractivity contribution in [3.63, 3.8) is 0 Å². The number of nitrogens with zero attached hydrogens (tertiary/aromatic N) is 3. The third-order valence-corrected chi connectivity index (χ3v) is 2.34. The first-order valence-corrected chi connectivity index (χ1v) is 4.87. The number of hydrogen-bond acceptors (Lipinski definition) is 3. The average molecular weight is 238 g/mol. The second kappa shape index (κ2) is 3.94. The lowest BCUT2D eigenvalue weighted by molar-refractivity contribution is 0.0696. The molecular weight excluding hydrogens is 230 g/mol. The van der Waals surface area contributed by atoms with E-state index in [9.17, 15) is 4.79 Å². The highest BCUT2D eigenvalue weighted by atomic mass is 35.5. The van der Waals surface area contributed by atoms with Crippen LogP contribution in [0, 0.1) is 6.92 Å². The fourth-order valence-corrected chi connectivity index (χ4v) is 1.52. The molecule has 0 amide bonds. The quantitative estimate of drug-likeness (QED) is 0.811. The van der Waals surface area contributed by atoms with Gasteiger partial charge in [-0.05, 0) is 19.1 Å². The molecule has 82 valence electrons. The van der Waals surface area contributed by atoms with Crippen LogP contribution in [0.4, 0.5) is 0 Å². The zero-order valence-electron chi connectivity index (χ0n) is 8.38. The average Bonchev–Trinajstić information content (AvgIpc) is 2.63. The molecular formula is C10H8ClN3O2. The van der Waals surface area contributed by atoms with Gasteiger partial charge < -0.3 is 5.11 Å². The van der Waals surface area contributed by atoms with E-state index in [1.165, 1.54) is 12.1 Å². The topological polar surface area (TPSA) is 68.0 Å². The molecule has 2 aromatic heterocycles. The molecule has 0 aromatic carbocycles. The maximum atomic E-state index is 11.0. The molecule has 2 heterocycles. The van der Waals surface area contributed by atoms with Crippen molar-refractivity contribution in [1.29, 1.82) is 0 Å². The van der Waals surface area contributed by atoms with E-state index >= 15 is 0 Å². The van der Waals surface area contributed by atoms with Crippen molar-refractivity contribution >= 4 is 17.6 Å². The summed E-state index contributed by atoms with van der Waals surface area (Å²) in [4.78, 5) is 19.0. The van der Waals surface area contributed by atoms with Crippen LogP contribution in [0.1, 0.15) is 16.2 Å². The highest BCUT2D eigenvalue weighted by Crippen LogP contribution is 2.17. The van der Waals surface area contributed by atoms with E-state index in [2.05, 4.69) is 9.97 Å². The highest BCUT2D eigenvalue weighted by Gasteiger charge is 2.14. The second-order valence-corrected chi connectivity index (χ2v) is 3.54. The minimum atomic E-state index is -1.05. The number of carboxylic acid groups (broad SMARTS) is 1. The van der Waals surface area contributed by atoms with Crippen molar-refractivity contribution in [2.24, 2.45) is 0 Å². The molecule has 2 aromatic rings. The first-order valence-electron chi connectivity index (χ1n) is 4.50. The molecule has 1 N–H and O–H groups in total. The Hall–Kier alpha value is -1.88. The molecule has 5 nitrogen and oxygen atoms in total. The number of aromatic carboxylic acids is 1. The van der Waals surface area contributed by atoms with Gasteiger partial charge in [-0.1, -0.05) is 11.6 Å². The third kappa shape index (κ3) is 1.77. The largest absolute Gasteiger partial charge is 0.478 e. The molecule has 0 radical (unpaired) electrons. The fourth-order valence-electron chi connectivity index (χ4n) is 1.38. The zero-order valence-corrected chi connectivity index (χ0v) is 9.14. The minimum absolute atomic E-state index is 0.0884. The summed E-state index contributed by atoms with van der Waals surface area (Å²) < 4.78 is 1.58. The first-order chi connectivity index (χ1) is 7.59. The van der Waals surface area contributed by atoms with E-state index in [0.717, 1.165) is 0 Å². The van der Waals surface area contributed by atoms with E-state index in [0.29, 0.717) is 5.82 Å². The van der Waals surface area contributed by atoms with Gasteiger partial charge in [0, 0.05) is 12.4 Å². The number of carboxylic acids is 1. The van der Waals surface area contributed by atoms with Gasteiger partial charge in [0.1, 0.15) is 16.5 Å². The lowest BCUT2D eigenvalue weighted by Crippen LogP contribution is -2.08. The lowest BCUT2D eigenvalue weighted by atomic mass is 10.2. The molecule has 0 unspecified atom stereocenters. The summed E-state index contributed by atoms with van der Waals surface area (Å²) in [5, 5.41) is 9.27. The molecule has 0 saturated carbocycles. The number of aryl methyl sites for hydroxylation is 1. The van der Waals surface area contributed by atoms with Gasteiger partial charge in [0.2, 0.25) is 0 Å². The van der Waals surface area contributed by atoms with Gasteiger partial charge in [-0.2, -0.15) is 0 Å². The molecule has 0 fully saturated rings. The van der Waals surface area contributed by atoms with Crippen molar-refractivity contribution in [3.05, 3.63) is 41.1 Å². The van der Waals surface area contributed by atoms with Crippen LogP contribution in [0.15, 0.2) is 24.5 Å². The van der Waals surface area contributed by atoms with E-state index in [1.807, 2.05) is 0 Å². The van der Waals surface area contributed by atoms with Crippen molar-refractivity contribution in [2.45, 2.75) is 6.92 Å². The summed E-state index contributed by atoms with van der Waals surface area (Å²) in [5.41, 5.74) is 0.0884. The number of halogens is 1. The van der Waals surface area contributed by atoms with Crippen LogP contribution in [0.25, 0.3) is 5.82 Å². The zero-order chi connectivity index (χ0) is 11.7. The number of hydrogen-bond donors (Lipinski definition) is 1. The molecule has 0 atom stereocenters. The van der Waals surface area contributed by atoms with E-state index < -0.39 is 5.97 Å². The molecule has 0 spiro atoms. The Balaban J connectivity index is 2.67. The molecule has 6 heteroatoms. The van der Waals surface area contributed by atoms with Gasteiger partial charge in [0.05, 0.1) is 0 Å². The predicted molar refractivity (Wildman–Crippen MR) is 58.1 cm³/mol. The van der Waals surface area contributed by atoms with Crippen molar-refractivity contribution < 1.29 is 9.90 Å². The molecule has 0 aliphatic carbocycles. The fraction of sp³-hybridized carbons (Fsp3) is 0.100. The van der Waals surface area contributed by atoms with Gasteiger partial charge in [0.25, 0.3) is 0 Å². The summed E-state index contributed by atoms with van der Waals surface area (Å²) in [6.45, 7) is 1.76. The van der Waals surface area contributed by atoms with Crippen molar-refractivity contribution in [2.75, 3.05) is 0 Å². The van der Waals surface area contributed by atoms with Gasteiger partial charge in [-0.15, -0.1) is 0 Å². The number of aromatic nitrogens is 3. The van der Waals surface area contributed by atoms with Crippen molar-refractivity contribution in [3.8, 4) is 5.82 Å². The molecule has 0 bridgehead atoms. The standard InChI is InChI=1S/C10H8ClN3O2/c1-6-12-4-5-14(6)9-7(10(15)16)2-3-8(11)13-9/h2-5H,1H3,(H,15,16). The number of rotatable bonds is 2. The summed E-state index contributed by atoms with van der Waals surface area (Å²) >= 11 is 5.75. The lowest BCUT2D eigenvalue weighted by Gasteiger charge is -2.07. The summed E-state index contributed by atoms with van der Waals surface area (Å²) in [5.74, 6) is -0.125. The van der Waals surface area contributed by atoms with E-state index in [4.69, 9.17) is 16.7 Å². The normalized spacial score (nSPS) is 10.4. The molecule has 16 heavy (non-hydrogen) atoms. The third-order valence-electron chi connectivity index (χ3n) is 2.13. The summed E-state index contributed by atoms with van der Waals surface area (Å²) in [7, 11) is 0. The van der Waals surface area contributed by atoms with E-state index in [1.54, 1.807) is 23.9 Å². The van der Waals surface area contributed by atoms with Gasteiger partial charge in [-0.3, -0.25) is 4.57 Å². The molecule has 0 aliphatic rings. The van der Waals surface area contributed by atoms with Crippen LogP contribution >= 0.6 is 11.6 Å². The second-order valence-electron chi connectivity index (χ2n) is 3.15. The SMILES string of the molecule is Cc1nccn1-c1nc(Cl)ccc1C(=O)O. The van der Waals surface area contributed by atoms with Crippen molar-refractivity contribution in [1.82, 2.24) is 14.5 Å². The van der Waals surface area contributed by atoms with Gasteiger partial charge in [0.15, 0.2) is 5.82 Å². The van der Waals surface area contributed by atoms with Crippen LogP contribution < -0.4 is 0 Å². The Labute approximate surface area is 96.3 Å². The summed E-state index contributed by atoms with van der Waals surface area (Å²) in [6, 6.07) is 2.87. The first kappa shape index (κ1) is 10.6. The Bertz CT molecular complexity index is 551. The Morgan fingerprint density at radius 3 is 2.81 bits per heavy atom. The smallest absolute Gasteiger partial charge is 0.339 e. The Morgan fingerprint density at radius 1 is 1.50 bits per heavy atom. The number of imidazole rings is 1. The summed E-state index contributed by atoms with van der Waals surface area (Å²) in [6.07, 6.45) is 3.21. The Morgan fingerprint density at radius 2 is 2.25 bits per heavy atom. The minimum Gasteiger partial charge on any atom is -0.478 e.